The first-order valence-corrected chi connectivity index (χ1v) is 3.74. The number of hydrogen-bond donors (Lipinski definition) is 4. The zero-order valence-electron chi connectivity index (χ0n) is 6.63. The van der Waals surface area contributed by atoms with Gasteiger partial charge in [-0.3, -0.25) is 10.7 Å². The molecule has 1 saturated heterocycles. The van der Waals surface area contributed by atoms with Gasteiger partial charge in [0, 0.05) is 26.2 Å². The van der Waals surface area contributed by atoms with Crippen LogP contribution in [0.2, 0.25) is 0 Å². The van der Waals surface area contributed by atoms with Crippen molar-refractivity contribution in [2.45, 2.75) is 0 Å². The van der Waals surface area contributed by atoms with Gasteiger partial charge in [0.1, 0.15) is 0 Å². The van der Waals surface area contributed by atoms with Gasteiger partial charge in [-0.25, -0.2) is 4.79 Å². The van der Waals surface area contributed by atoms with Gasteiger partial charge < -0.3 is 15.3 Å². The largest absolute Gasteiger partial charge is 0.465 e. The van der Waals surface area contributed by atoms with E-state index in [0.717, 1.165) is 13.1 Å². The molecule has 1 aliphatic heterocycles. The number of guanidine groups is 1. The summed E-state index contributed by atoms with van der Waals surface area (Å²) in [5, 5.41) is 20.8. The highest BCUT2D eigenvalue weighted by atomic mass is 16.4. The van der Waals surface area contributed by atoms with Gasteiger partial charge >= 0.3 is 6.09 Å². The third-order valence-corrected chi connectivity index (χ3v) is 1.66. The first kappa shape index (κ1) is 8.79. The molecule has 0 aromatic rings. The molecule has 0 spiro atoms. The molecule has 1 rings (SSSR count). The van der Waals surface area contributed by atoms with Crippen LogP contribution in [0.5, 0.6) is 0 Å². The second kappa shape index (κ2) is 3.91. The highest BCUT2D eigenvalue weighted by Crippen LogP contribution is 1.90. The van der Waals surface area contributed by atoms with E-state index in [-0.39, 0.29) is 5.96 Å². The molecule has 1 aliphatic rings. The van der Waals surface area contributed by atoms with Gasteiger partial charge in [-0.2, -0.15) is 0 Å². The van der Waals surface area contributed by atoms with E-state index >= 15 is 0 Å². The third kappa shape index (κ3) is 2.39. The Hall–Kier alpha value is -1.30. The van der Waals surface area contributed by atoms with Crippen molar-refractivity contribution in [1.29, 1.82) is 5.41 Å². The van der Waals surface area contributed by atoms with E-state index in [1.165, 1.54) is 0 Å². The average molecular weight is 172 g/mol. The van der Waals surface area contributed by atoms with Gasteiger partial charge in [-0.1, -0.05) is 0 Å². The minimum absolute atomic E-state index is 0.0380. The van der Waals surface area contributed by atoms with E-state index in [4.69, 9.17) is 10.5 Å². The topological polar surface area (TPSA) is 88.5 Å². The Morgan fingerprint density at radius 3 is 2.58 bits per heavy atom. The molecule has 6 heteroatoms. The van der Waals surface area contributed by atoms with Gasteiger partial charge in [-0.05, 0) is 0 Å². The zero-order valence-corrected chi connectivity index (χ0v) is 6.63. The molecule has 6 nitrogen and oxygen atoms in total. The van der Waals surface area contributed by atoms with Gasteiger partial charge in [0.15, 0.2) is 0 Å². The number of piperazine rings is 1. The molecule has 0 aliphatic carbocycles. The number of carbonyl (C=O) groups is 1. The monoisotopic (exact) mass is 172 g/mol. The second-order valence-corrected chi connectivity index (χ2v) is 2.52. The lowest BCUT2D eigenvalue weighted by atomic mass is 10.4. The van der Waals surface area contributed by atoms with Crippen molar-refractivity contribution in [3.63, 3.8) is 0 Å². The summed E-state index contributed by atoms with van der Waals surface area (Å²) in [4.78, 5) is 11.8. The first-order chi connectivity index (χ1) is 5.70. The highest BCUT2D eigenvalue weighted by Gasteiger charge is 2.13. The van der Waals surface area contributed by atoms with E-state index in [0.29, 0.717) is 13.1 Å². The van der Waals surface area contributed by atoms with Crippen LogP contribution in [-0.4, -0.2) is 48.2 Å². The van der Waals surface area contributed by atoms with Crippen LogP contribution in [0.4, 0.5) is 4.79 Å². The molecular weight excluding hydrogens is 160 g/mol. The highest BCUT2D eigenvalue weighted by molar-refractivity contribution is 5.91. The molecule has 4 N–H and O–H groups in total. The van der Waals surface area contributed by atoms with Gasteiger partial charge in [0.25, 0.3) is 0 Å². The third-order valence-electron chi connectivity index (χ3n) is 1.66. The summed E-state index contributed by atoms with van der Waals surface area (Å²) in [6, 6.07) is 0. The van der Waals surface area contributed by atoms with E-state index < -0.39 is 6.09 Å². The number of carboxylic acid groups (broad SMARTS) is 1. The summed E-state index contributed by atoms with van der Waals surface area (Å²) in [7, 11) is 0. The van der Waals surface area contributed by atoms with Crippen molar-refractivity contribution in [3.05, 3.63) is 0 Å². The molecule has 0 saturated carbocycles. The molecule has 68 valence electrons. The number of hydrogen-bond acceptors (Lipinski definition) is 3. The fourth-order valence-corrected chi connectivity index (χ4v) is 1.07. The fraction of sp³-hybridized carbons (Fsp3) is 0.667. The average Bonchev–Trinajstić information content (AvgIpc) is 2.05. The van der Waals surface area contributed by atoms with E-state index in [2.05, 4.69) is 5.32 Å². The normalized spacial score (nSPS) is 17.2. The SMILES string of the molecule is N=C(NC(=O)O)N1CCNCC1. The van der Waals surface area contributed by atoms with Crippen LogP contribution in [0, 0.1) is 5.41 Å². The minimum Gasteiger partial charge on any atom is -0.465 e. The summed E-state index contributed by atoms with van der Waals surface area (Å²) in [6.07, 6.45) is -1.18. The summed E-state index contributed by atoms with van der Waals surface area (Å²) in [6.45, 7) is 2.95. The molecule has 1 fully saturated rings. The standard InChI is InChI=1S/C6H12N4O2/c7-5(9-6(11)12)10-3-1-8-2-4-10/h8H,1-4H2,(H2,7,9)(H,11,12). The van der Waals surface area contributed by atoms with Crippen LogP contribution < -0.4 is 10.6 Å². The Kier molecular flexibility index (Phi) is 2.87. The number of nitrogens with zero attached hydrogens (tertiary/aromatic N) is 1. The van der Waals surface area contributed by atoms with Crippen molar-refractivity contribution in [1.82, 2.24) is 15.5 Å². The summed E-state index contributed by atoms with van der Waals surface area (Å²) < 4.78 is 0. The molecule has 0 bridgehead atoms. The van der Waals surface area contributed by atoms with Gasteiger partial charge in [0.05, 0.1) is 0 Å². The second-order valence-electron chi connectivity index (χ2n) is 2.52. The number of rotatable bonds is 0. The quantitative estimate of drug-likeness (QED) is 0.281. The Morgan fingerprint density at radius 2 is 2.08 bits per heavy atom. The number of amides is 1. The molecule has 0 atom stereocenters. The molecule has 1 amide bonds. The fourth-order valence-electron chi connectivity index (χ4n) is 1.07. The lowest BCUT2D eigenvalue weighted by Gasteiger charge is -2.28. The van der Waals surface area contributed by atoms with Gasteiger partial charge in [0.2, 0.25) is 5.96 Å². The molecule has 0 aromatic heterocycles. The van der Waals surface area contributed by atoms with Crippen molar-refractivity contribution >= 4 is 12.1 Å². The van der Waals surface area contributed by atoms with Crippen molar-refractivity contribution in [3.8, 4) is 0 Å². The summed E-state index contributed by atoms with van der Waals surface area (Å²) >= 11 is 0. The zero-order chi connectivity index (χ0) is 8.97. The first-order valence-electron chi connectivity index (χ1n) is 3.74. The van der Waals surface area contributed by atoms with Crippen LogP contribution in [0.15, 0.2) is 0 Å². The van der Waals surface area contributed by atoms with E-state index in [1.807, 2.05) is 5.32 Å². The minimum atomic E-state index is -1.18. The Bertz CT molecular complexity index is 188. The van der Waals surface area contributed by atoms with Crippen LogP contribution in [0.25, 0.3) is 0 Å². The van der Waals surface area contributed by atoms with Crippen LogP contribution in [-0.2, 0) is 0 Å². The van der Waals surface area contributed by atoms with Crippen LogP contribution >= 0.6 is 0 Å². The Morgan fingerprint density at radius 1 is 1.50 bits per heavy atom. The molecular formula is C6H12N4O2. The predicted molar refractivity (Wildman–Crippen MR) is 43.3 cm³/mol. The van der Waals surface area contributed by atoms with E-state index in [9.17, 15) is 4.79 Å². The predicted octanol–water partition coefficient (Wildman–Crippen LogP) is -0.906. The van der Waals surface area contributed by atoms with Crippen LogP contribution in [0.1, 0.15) is 0 Å². The van der Waals surface area contributed by atoms with Crippen molar-refractivity contribution in [2.24, 2.45) is 0 Å². The van der Waals surface area contributed by atoms with Crippen molar-refractivity contribution < 1.29 is 9.90 Å². The smallest absolute Gasteiger partial charge is 0.411 e. The van der Waals surface area contributed by atoms with Crippen LogP contribution in [0.3, 0.4) is 0 Å². The molecule has 0 radical (unpaired) electrons. The summed E-state index contributed by atoms with van der Waals surface area (Å²) in [5.41, 5.74) is 0. The molecule has 12 heavy (non-hydrogen) atoms. The molecule has 1 heterocycles. The molecule has 0 aromatic carbocycles. The lowest BCUT2D eigenvalue weighted by molar-refractivity contribution is 0.198. The van der Waals surface area contributed by atoms with Crippen molar-refractivity contribution in [2.75, 3.05) is 26.2 Å². The maximum absolute atomic E-state index is 10.2. The molecule has 0 unspecified atom stereocenters. The maximum Gasteiger partial charge on any atom is 0.411 e. The Labute approximate surface area is 70.1 Å². The lowest BCUT2D eigenvalue weighted by Crippen LogP contribution is -2.51. The summed E-state index contributed by atoms with van der Waals surface area (Å²) in [5.74, 6) is -0.0380. The maximum atomic E-state index is 10.2. The van der Waals surface area contributed by atoms with E-state index in [1.54, 1.807) is 4.90 Å². The van der Waals surface area contributed by atoms with Gasteiger partial charge in [-0.15, -0.1) is 0 Å². The number of nitrogens with one attached hydrogen (secondary N) is 3. The Balaban J connectivity index is 2.34.